The Balaban J connectivity index is 1.60. The lowest BCUT2D eigenvalue weighted by Gasteiger charge is -2.38. The highest BCUT2D eigenvalue weighted by atomic mass is 16.2. The molecule has 22 heavy (non-hydrogen) atoms. The lowest BCUT2D eigenvalue weighted by molar-refractivity contribution is -0.132. The molecule has 1 amide bonds. The van der Waals surface area contributed by atoms with Crippen molar-refractivity contribution in [3.8, 4) is 0 Å². The Labute approximate surface area is 133 Å². The number of para-hydroxylation sites is 1. The molecule has 0 radical (unpaired) electrons. The molecule has 2 N–H and O–H groups in total. The van der Waals surface area contributed by atoms with Gasteiger partial charge in [-0.05, 0) is 44.2 Å². The zero-order valence-corrected chi connectivity index (χ0v) is 13.5. The molecular weight excluding hydrogens is 274 g/mol. The average molecular weight is 301 g/mol. The van der Waals surface area contributed by atoms with E-state index in [1.807, 2.05) is 4.90 Å². The maximum atomic E-state index is 12.4. The van der Waals surface area contributed by atoms with Crippen LogP contribution in [0.2, 0.25) is 0 Å². The minimum Gasteiger partial charge on any atom is -0.368 e. The van der Waals surface area contributed by atoms with Gasteiger partial charge >= 0.3 is 0 Å². The van der Waals surface area contributed by atoms with E-state index in [9.17, 15) is 4.79 Å². The summed E-state index contributed by atoms with van der Waals surface area (Å²) in [5, 5.41) is 0. The van der Waals surface area contributed by atoms with Crippen LogP contribution in [0.5, 0.6) is 0 Å². The number of hydrogen-bond donors (Lipinski definition) is 1. The van der Waals surface area contributed by atoms with Crippen molar-refractivity contribution in [1.29, 1.82) is 0 Å². The van der Waals surface area contributed by atoms with Crippen LogP contribution in [0.25, 0.3) is 0 Å². The van der Waals surface area contributed by atoms with Gasteiger partial charge in [-0.2, -0.15) is 0 Å². The number of fused-ring (bicyclic) bond motifs is 1. The summed E-state index contributed by atoms with van der Waals surface area (Å²) < 4.78 is 0. The van der Waals surface area contributed by atoms with Crippen molar-refractivity contribution < 1.29 is 4.79 Å². The first-order valence-electron chi connectivity index (χ1n) is 8.53. The number of amides is 1. The Bertz CT molecular complexity index is 523. The van der Waals surface area contributed by atoms with Gasteiger partial charge in [0.2, 0.25) is 5.91 Å². The number of piperidine rings is 1. The fourth-order valence-electron chi connectivity index (χ4n) is 3.62. The molecule has 4 nitrogen and oxygen atoms in total. The van der Waals surface area contributed by atoms with Gasteiger partial charge in [-0.15, -0.1) is 0 Å². The normalized spacial score (nSPS) is 22.5. The SMILES string of the molecule is C[C@H]1CCc2ccccc2N1CCC(=O)N1CCC(N)CC1. The molecule has 0 saturated carbocycles. The molecule has 3 rings (SSSR count). The molecule has 4 heteroatoms. The van der Waals surface area contributed by atoms with E-state index < -0.39 is 0 Å². The highest BCUT2D eigenvalue weighted by Crippen LogP contribution is 2.30. The number of hydrogen-bond acceptors (Lipinski definition) is 3. The number of benzene rings is 1. The number of anilines is 1. The van der Waals surface area contributed by atoms with Crippen LogP contribution in [0, 0.1) is 0 Å². The van der Waals surface area contributed by atoms with Crippen LogP contribution >= 0.6 is 0 Å². The van der Waals surface area contributed by atoms with Crippen molar-refractivity contribution in [2.45, 2.75) is 51.1 Å². The summed E-state index contributed by atoms with van der Waals surface area (Å²) >= 11 is 0. The summed E-state index contributed by atoms with van der Waals surface area (Å²) in [6.07, 6.45) is 4.80. The van der Waals surface area contributed by atoms with Crippen LogP contribution < -0.4 is 10.6 Å². The van der Waals surface area contributed by atoms with Crippen molar-refractivity contribution in [2.75, 3.05) is 24.5 Å². The van der Waals surface area contributed by atoms with Crippen molar-refractivity contribution in [3.05, 3.63) is 29.8 Å². The fraction of sp³-hybridized carbons (Fsp3) is 0.611. The Morgan fingerprint density at radius 3 is 2.73 bits per heavy atom. The second kappa shape index (κ2) is 6.69. The molecule has 1 aromatic carbocycles. The predicted octanol–water partition coefficient (Wildman–Crippen LogP) is 2.17. The smallest absolute Gasteiger partial charge is 0.224 e. The standard InChI is InChI=1S/C18H27N3O/c1-14-6-7-15-4-2-3-5-17(15)21(14)13-10-18(22)20-11-8-16(19)9-12-20/h2-5,14,16H,6-13,19H2,1H3/t14-/m0/s1. The largest absolute Gasteiger partial charge is 0.368 e. The quantitative estimate of drug-likeness (QED) is 0.931. The molecule has 0 spiro atoms. The summed E-state index contributed by atoms with van der Waals surface area (Å²) in [5.41, 5.74) is 8.64. The van der Waals surface area contributed by atoms with Gasteiger partial charge in [0.15, 0.2) is 0 Å². The van der Waals surface area contributed by atoms with Crippen LogP contribution in [0.4, 0.5) is 5.69 Å². The van der Waals surface area contributed by atoms with E-state index in [4.69, 9.17) is 5.73 Å². The minimum absolute atomic E-state index is 0.276. The number of carbonyl (C=O) groups is 1. The summed E-state index contributed by atoms with van der Waals surface area (Å²) in [4.78, 5) is 16.8. The summed E-state index contributed by atoms with van der Waals surface area (Å²) in [7, 11) is 0. The maximum Gasteiger partial charge on any atom is 0.224 e. The van der Waals surface area contributed by atoms with Crippen LogP contribution in [-0.4, -0.2) is 42.5 Å². The fourth-order valence-corrected chi connectivity index (χ4v) is 3.62. The molecule has 1 saturated heterocycles. The molecule has 1 atom stereocenters. The van der Waals surface area contributed by atoms with E-state index in [1.54, 1.807) is 0 Å². The van der Waals surface area contributed by atoms with Gasteiger partial charge in [0, 0.05) is 43.8 Å². The van der Waals surface area contributed by atoms with Gasteiger partial charge in [-0.1, -0.05) is 18.2 Å². The number of rotatable bonds is 3. The molecule has 0 unspecified atom stereocenters. The van der Waals surface area contributed by atoms with Crippen LogP contribution in [0.15, 0.2) is 24.3 Å². The van der Waals surface area contributed by atoms with E-state index in [-0.39, 0.29) is 11.9 Å². The Hall–Kier alpha value is -1.55. The first-order valence-corrected chi connectivity index (χ1v) is 8.53. The van der Waals surface area contributed by atoms with Crippen molar-refractivity contribution >= 4 is 11.6 Å². The molecule has 2 aliphatic heterocycles. The van der Waals surface area contributed by atoms with Crippen LogP contribution in [-0.2, 0) is 11.2 Å². The van der Waals surface area contributed by atoms with Gasteiger partial charge in [0.05, 0.1) is 0 Å². The molecular formula is C18H27N3O. The van der Waals surface area contributed by atoms with Crippen molar-refractivity contribution in [3.63, 3.8) is 0 Å². The first-order chi connectivity index (χ1) is 10.6. The summed E-state index contributed by atoms with van der Waals surface area (Å²) in [6, 6.07) is 9.39. The molecule has 0 aromatic heterocycles. The average Bonchev–Trinajstić information content (AvgIpc) is 2.54. The molecule has 1 fully saturated rings. The Kier molecular flexibility index (Phi) is 4.67. The number of aryl methyl sites for hydroxylation is 1. The van der Waals surface area contributed by atoms with Gasteiger partial charge in [0.25, 0.3) is 0 Å². The van der Waals surface area contributed by atoms with E-state index in [1.165, 1.54) is 17.7 Å². The van der Waals surface area contributed by atoms with Gasteiger partial charge < -0.3 is 15.5 Å². The topological polar surface area (TPSA) is 49.6 Å². The van der Waals surface area contributed by atoms with Crippen LogP contribution in [0.1, 0.15) is 38.2 Å². The molecule has 2 aliphatic rings. The molecule has 1 aromatic rings. The monoisotopic (exact) mass is 301 g/mol. The number of nitrogens with two attached hydrogens (primary N) is 1. The number of carbonyl (C=O) groups excluding carboxylic acids is 1. The lowest BCUT2D eigenvalue weighted by atomic mass is 9.96. The van der Waals surface area contributed by atoms with Gasteiger partial charge in [-0.25, -0.2) is 0 Å². The second-order valence-electron chi connectivity index (χ2n) is 6.68. The van der Waals surface area contributed by atoms with Crippen molar-refractivity contribution in [2.24, 2.45) is 5.73 Å². The lowest BCUT2D eigenvalue weighted by Crippen LogP contribution is -2.45. The number of nitrogens with zero attached hydrogens (tertiary/aromatic N) is 2. The highest BCUT2D eigenvalue weighted by molar-refractivity contribution is 5.77. The summed E-state index contributed by atoms with van der Waals surface area (Å²) in [5.74, 6) is 0.280. The zero-order chi connectivity index (χ0) is 15.5. The second-order valence-corrected chi connectivity index (χ2v) is 6.68. The Morgan fingerprint density at radius 2 is 1.95 bits per heavy atom. The minimum atomic E-state index is 0.276. The number of likely N-dealkylation sites (tertiary alicyclic amines) is 1. The molecule has 0 bridgehead atoms. The van der Waals surface area contributed by atoms with Crippen LogP contribution in [0.3, 0.4) is 0 Å². The predicted molar refractivity (Wildman–Crippen MR) is 90.0 cm³/mol. The molecule has 0 aliphatic carbocycles. The third-order valence-corrected chi connectivity index (χ3v) is 5.12. The first kappa shape index (κ1) is 15.3. The third-order valence-electron chi connectivity index (χ3n) is 5.12. The van der Waals surface area contributed by atoms with E-state index >= 15 is 0 Å². The van der Waals surface area contributed by atoms with Gasteiger partial charge in [-0.3, -0.25) is 4.79 Å². The highest BCUT2D eigenvalue weighted by Gasteiger charge is 2.25. The summed E-state index contributed by atoms with van der Waals surface area (Å²) in [6.45, 7) is 4.73. The van der Waals surface area contributed by atoms with E-state index in [2.05, 4.69) is 36.1 Å². The molecule has 2 heterocycles. The van der Waals surface area contributed by atoms with Gasteiger partial charge in [0.1, 0.15) is 0 Å². The van der Waals surface area contributed by atoms with E-state index in [0.29, 0.717) is 12.5 Å². The maximum absolute atomic E-state index is 12.4. The third kappa shape index (κ3) is 3.27. The van der Waals surface area contributed by atoms with Crippen molar-refractivity contribution in [1.82, 2.24) is 4.90 Å². The molecule has 120 valence electrons. The zero-order valence-electron chi connectivity index (χ0n) is 13.5. The Morgan fingerprint density at radius 1 is 1.23 bits per heavy atom. The van der Waals surface area contributed by atoms with E-state index in [0.717, 1.165) is 38.9 Å².